The number of hydrogen-bond donors (Lipinski definition) is 1. The molecule has 0 atom stereocenters. The Balaban J connectivity index is 1.86. The third kappa shape index (κ3) is 2.17. The van der Waals surface area contributed by atoms with Gasteiger partial charge in [-0.2, -0.15) is 5.10 Å². The molecule has 0 aliphatic rings. The Labute approximate surface area is 109 Å². The molecule has 3 rings (SSSR count). The number of aromatic nitrogens is 3. The average Bonchev–Trinajstić information content (AvgIpc) is 2.82. The van der Waals surface area contributed by atoms with E-state index in [-0.39, 0.29) is 0 Å². The number of rotatable bonds is 3. The van der Waals surface area contributed by atoms with Gasteiger partial charge in [0.1, 0.15) is 0 Å². The van der Waals surface area contributed by atoms with E-state index in [4.69, 9.17) is 0 Å². The van der Waals surface area contributed by atoms with Crippen LogP contribution < -0.4 is 5.32 Å². The maximum absolute atomic E-state index is 4.41. The van der Waals surface area contributed by atoms with Crippen LogP contribution in [0, 0.1) is 6.92 Å². The zero-order valence-electron chi connectivity index (χ0n) is 9.92. The molecule has 5 heteroatoms. The lowest BCUT2D eigenvalue weighted by Gasteiger charge is -2.05. The Kier molecular flexibility index (Phi) is 2.90. The SMILES string of the molecule is Cc1nc(CNc2nncc3ccccc23)cs1. The van der Waals surface area contributed by atoms with Gasteiger partial charge >= 0.3 is 0 Å². The first-order chi connectivity index (χ1) is 8.83. The van der Waals surface area contributed by atoms with E-state index >= 15 is 0 Å². The third-order valence-corrected chi connectivity index (χ3v) is 3.50. The van der Waals surface area contributed by atoms with Crippen molar-refractivity contribution in [3.8, 4) is 0 Å². The van der Waals surface area contributed by atoms with Gasteiger partial charge in [-0.15, -0.1) is 16.4 Å². The number of aryl methyl sites for hydroxylation is 1. The highest BCUT2D eigenvalue weighted by Crippen LogP contribution is 2.20. The van der Waals surface area contributed by atoms with Gasteiger partial charge in [0.25, 0.3) is 0 Å². The van der Waals surface area contributed by atoms with E-state index in [0.29, 0.717) is 6.54 Å². The number of fused-ring (bicyclic) bond motifs is 1. The molecule has 0 aliphatic heterocycles. The predicted octanol–water partition coefficient (Wildman–Crippen LogP) is 3.01. The van der Waals surface area contributed by atoms with Crippen molar-refractivity contribution in [1.82, 2.24) is 15.2 Å². The summed E-state index contributed by atoms with van der Waals surface area (Å²) in [6.45, 7) is 2.68. The predicted molar refractivity (Wildman–Crippen MR) is 73.7 cm³/mol. The second-order valence-corrected chi connectivity index (χ2v) is 5.05. The summed E-state index contributed by atoms with van der Waals surface area (Å²) in [5, 5.41) is 16.7. The largest absolute Gasteiger partial charge is 0.362 e. The maximum Gasteiger partial charge on any atom is 0.156 e. The van der Waals surface area contributed by atoms with Gasteiger partial charge in [-0.05, 0) is 6.92 Å². The van der Waals surface area contributed by atoms with Crippen molar-refractivity contribution in [2.45, 2.75) is 13.5 Å². The van der Waals surface area contributed by atoms with Crippen LogP contribution in [0.4, 0.5) is 5.82 Å². The topological polar surface area (TPSA) is 50.7 Å². The summed E-state index contributed by atoms with van der Waals surface area (Å²) >= 11 is 1.66. The summed E-state index contributed by atoms with van der Waals surface area (Å²) in [6.07, 6.45) is 1.77. The normalized spacial score (nSPS) is 10.7. The molecule has 0 unspecified atom stereocenters. The number of thiazole rings is 1. The van der Waals surface area contributed by atoms with Gasteiger partial charge in [-0.1, -0.05) is 24.3 Å². The van der Waals surface area contributed by atoms with Crippen molar-refractivity contribution in [2.75, 3.05) is 5.32 Å². The zero-order chi connectivity index (χ0) is 12.4. The van der Waals surface area contributed by atoms with Crippen molar-refractivity contribution in [3.05, 3.63) is 46.5 Å². The van der Waals surface area contributed by atoms with Gasteiger partial charge < -0.3 is 5.32 Å². The third-order valence-electron chi connectivity index (χ3n) is 2.67. The molecule has 2 heterocycles. The summed E-state index contributed by atoms with van der Waals surface area (Å²) < 4.78 is 0. The lowest BCUT2D eigenvalue weighted by Crippen LogP contribution is -2.03. The first-order valence-electron chi connectivity index (χ1n) is 5.68. The van der Waals surface area contributed by atoms with Crippen LogP contribution in [0.15, 0.2) is 35.8 Å². The molecular weight excluding hydrogens is 244 g/mol. The summed E-state index contributed by atoms with van der Waals surface area (Å²) in [4.78, 5) is 4.41. The molecule has 1 aromatic carbocycles. The molecule has 0 saturated carbocycles. The number of benzene rings is 1. The van der Waals surface area contributed by atoms with Gasteiger partial charge in [0.05, 0.1) is 23.4 Å². The highest BCUT2D eigenvalue weighted by atomic mass is 32.1. The molecule has 18 heavy (non-hydrogen) atoms. The molecule has 90 valence electrons. The highest BCUT2D eigenvalue weighted by molar-refractivity contribution is 7.09. The van der Waals surface area contributed by atoms with Crippen LogP contribution >= 0.6 is 11.3 Å². The molecule has 0 radical (unpaired) electrons. The summed E-state index contributed by atoms with van der Waals surface area (Å²) in [5.74, 6) is 0.804. The molecule has 0 saturated heterocycles. The van der Waals surface area contributed by atoms with Gasteiger partial charge in [-0.3, -0.25) is 0 Å². The minimum absolute atomic E-state index is 0.674. The standard InChI is InChI=1S/C13H12N4S/c1-9-16-11(8-18-9)7-14-13-12-5-3-2-4-10(12)6-15-17-13/h2-6,8H,7H2,1H3,(H,14,17). The summed E-state index contributed by atoms with van der Waals surface area (Å²) in [7, 11) is 0. The molecular formula is C13H12N4S. The van der Waals surface area contributed by atoms with Crippen LogP contribution in [-0.2, 0) is 6.54 Å². The summed E-state index contributed by atoms with van der Waals surface area (Å²) in [5.41, 5.74) is 1.03. The molecule has 0 aliphatic carbocycles. The lowest BCUT2D eigenvalue weighted by atomic mass is 10.2. The number of anilines is 1. The fourth-order valence-electron chi connectivity index (χ4n) is 1.82. The van der Waals surface area contributed by atoms with E-state index in [2.05, 4.69) is 25.9 Å². The van der Waals surface area contributed by atoms with Gasteiger partial charge in [0.2, 0.25) is 0 Å². The molecule has 0 bridgehead atoms. The monoisotopic (exact) mass is 256 g/mol. The van der Waals surface area contributed by atoms with Crippen LogP contribution in [0.3, 0.4) is 0 Å². The smallest absolute Gasteiger partial charge is 0.156 e. The fraction of sp³-hybridized carbons (Fsp3) is 0.154. The lowest BCUT2D eigenvalue weighted by molar-refractivity contribution is 0.994. The summed E-state index contributed by atoms with van der Waals surface area (Å²) in [6, 6.07) is 8.07. The van der Waals surface area contributed by atoms with Crippen LogP contribution in [0.2, 0.25) is 0 Å². The van der Waals surface area contributed by atoms with Gasteiger partial charge in [0.15, 0.2) is 5.82 Å². The van der Waals surface area contributed by atoms with Crippen LogP contribution in [-0.4, -0.2) is 15.2 Å². The first-order valence-corrected chi connectivity index (χ1v) is 6.56. The Hall–Kier alpha value is -2.01. The van der Waals surface area contributed by atoms with Crippen LogP contribution in [0.1, 0.15) is 10.7 Å². The Bertz CT molecular complexity index is 672. The minimum Gasteiger partial charge on any atom is -0.362 e. The zero-order valence-corrected chi connectivity index (χ0v) is 10.7. The van der Waals surface area contributed by atoms with Gasteiger partial charge in [-0.25, -0.2) is 4.98 Å². The average molecular weight is 256 g/mol. The van der Waals surface area contributed by atoms with E-state index in [1.807, 2.05) is 31.2 Å². The number of hydrogen-bond acceptors (Lipinski definition) is 5. The Morgan fingerprint density at radius 3 is 3.00 bits per heavy atom. The van der Waals surface area contributed by atoms with Crippen molar-refractivity contribution in [1.29, 1.82) is 0 Å². The maximum atomic E-state index is 4.41. The molecule has 4 nitrogen and oxygen atoms in total. The number of nitrogens with zero attached hydrogens (tertiary/aromatic N) is 3. The van der Waals surface area contributed by atoms with Gasteiger partial charge in [0, 0.05) is 16.2 Å². The molecule has 3 aromatic rings. The number of nitrogens with one attached hydrogen (secondary N) is 1. The van der Waals surface area contributed by atoms with Crippen LogP contribution in [0.5, 0.6) is 0 Å². The van der Waals surface area contributed by atoms with E-state index in [9.17, 15) is 0 Å². The quantitative estimate of drug-likeness (QED) is 0.782. The molecule has 1 N–H and O–H groups in total. The molecule has 2 aromatic heterocycles. The molecule has 0 amide bonds. The highest BCUT2D eigenvalue weighted by Gasteiger charge is 2.03. The van der Waals surface area contributed by atoms with E-state index in [1.165, 1.54) is 0 Å². The van der Waals surface area contributed by atoms with E-state index in [0.717, 1.165) is 27.3 Å². The second kappa shape index (κ2) is 4.70. The van der Waals surface area contributed by atoms with Crippen molar-refractivity contribution in [2.24, 2.45) is 0 Å². The van der Waals surface area contributed by atoms with Crippen LogP contribution in [0.25, 0.3) is 10.8 Å². The molecule has 0 spiro atoms. The fourth-order valence-corrected chi connectivity index (χ4v) is 2.43. The minimum atomic E-state index is 0.674. The van der Waals surface area contributed by atoms with E-state index < -0.39 is 0 Å². The first kappa shape index (κ1) is 11.1. The molecule has 0 fully saturated rings. The Morgan fingerprint density at radius 1 is 1.28 bits per heavy atom. The van der Waals surface area contributed by atoms with Crippen molar-refractivity contribution >= 4 is 27.9 Å². The Morgan fingerprint density at radius 2 is 2.17 bits per heavy atom. The second-order valence-electron chi connectivity index (χ2n) is 3.99. The van der Waals surface area contributed by atoms with Crippen molar-refractivity contribution < 1.29 is 0 Å². The van der Waals surface area contributed by atoms with E-state index in [1.54, 1.807) is 17.5 Å². The van der Waals surface area contributed by atoms with Crippen molar-refractivity contribution in [3.63, 3.8) is 0 Å².